The Labute approximate surface area is 66.0 Å². The largest absolute Gasteiger partial charge is 0.263 e. The van der Waals surface area contributed by atoms with Crippen molar-refractivity contribution in [2.75, 3.05) is 5.75 Å². The quantitative estimate of drug-likeness (QED) is 0.663. The van der Waals surface area contributed by atoms with Gasteiger partial charge in [-0.15, -0.1) is 0 Å². The third kappa shape index (κ3) is 1.77. The molecule has 1 aromatic rings. The van der Waals surface area contributed by atoms with Crippen LogP contribution in [0.4, 0.5) is 0 Å². The SMILES string of the molecule is CCS(=O)(=O)c1cccnc1. The highest BCUT2D eigenvalue weighted by Gasteiger charge is 2.09. The van der Waals surface area contributed by atoms with E-state index in [0.29, 0.717) is 4.90 Å². The van der Waals surface area contributed by atoms with Crippen molar-refractivity contribution in [2.45, 2.75) is 11.8 Å². The van der Waals surface area contributed by atoms with E-state index in [1.54, 1.807) is 25.3 Å². The summed E-state index contributed by atoms with van der Waals surface area (Å²) in [4.78, 5) is 4.01. The van der Waals surface area contributed by atoms with Gasteiger partial charge in [-0.1, -0.05) is 6.92 Å². The van der Waals surface area contributed by atoms with E-state index >= 15 is 0 Å². The molecule has 0 aromatic carbocycles. The molecule has 0 spiro atoms. The Morgan fingerprint density at radius 3 is 2.73 bits per heavy atom. The van der Waals surface area contributed by atoms with Gasteiger partial charge in [0.1, 0.15) is 0 Å². The second-order valence-electron chi connectivity index (χ2n) is 2.09. The maximum Gasteiger partial charge on any atom is 0.179 e. The third-order valence-corrected chi connectivity index (χ3v) is 3.09. The molecule has 1 heterocycles. The minimum Gasteiger partial charge on any atom is -0.263 e. The van der Waals surface area contributed by atoms with Gasteiger partial charge in [-0.25, -0.2) is 8.42 Å². The molecule has 1 rings (SSSR count). The normalized spacial score (nSPS) is 11.4. The number of hydrogen-bond donors (Lipinski definition) is 0. The lowest BCUT2D eigenvalue weighted by atomic mass is 10.5. The summed E-state index contributed by atoms with van der Waals surface area (Å²) in [6, 6.07) is 3.16. The number of pyridine rings is 1. The average Bonchev–Trinajstić information content (AvgIpc) is 2.06. The zero-order valence-electron chi connectivity index (χ0n) is 6.19. The van der Waals surface area contributed by atoms with E-state index in [0.717, 1.165) is 0 Å². The van der Waals surface area contributed by atoms with E-state index in [2.05, 4.69) is 4.98 Å². The van der Waals surface area contributed by atoms with Crippen LogP contribution < -0.4 is 0 Å². The van der Waals surface area contributed by atoms with Crippen LogP contribution in [0.3, 0.4) is 0 Å². The Hall–Kier alpha value is -0.900. The fraction of sp³-hybridized carbons (Fsp3) is 0.286. The molecule has 0 N–H and O–H groups in total. The van der Waals surface area contributed by atoms with Gasteiger partial charge in [-0.3, -0.25) is 4.98 Å². The lowest BCUT2D eigenvalue weighted by Gasteiger charge is -1.97. The molecule has 0 fully saturated rings. The molecule has 0 saturated carbocycles. The molecule has 0 unspecified atom stereocenters. The second-order valence-corrected chi connectivity index (χ2v) is 4.37. The predicted octanol–water partition coefficient (Wildman–Crippen LogP) is 0.875. The molecule has 3 nitrogen and oxygen atoms in total. The molecule has 0 atom stereocenters. The van der Waals surface area contributed by atoms with Crippen molar-refractivity contribution >= 4 is 9.84 Å². The highest BCUT2D eigenvalue weighted by atomic mass is 32.2. The zero-order valence-corrected chi connectivity index (χ0v) is 7.00. The molecule has 60 valence electrons. The summed E-state index contributed by atoms with van der Waals surface area (Å²) >= 11 is 0. The van der Waals surface area contributed by atoms with Crippen LogP contribution in [0.25, 0.3) is 0 Å². The molecule has 0 radical (unpaired) electrons. The summed E-state index contributed by atoms with van der Waals surface area (Å²) in [6.07, 6.45) is 2.91. The Kier molecular flexibility index (Phi) is 2.24. The van der Waals surface area contributed by atoms with Crippen molar-refractivity contribution in [3.63, 3.8) is 0 Å². The number of nitrogens with zero attached hydrogens (tertiary/aromatic N) is 1. The molecule has 0 bridgehead atoms. The van der Waals surface area contributed by atoms with Gasteiger partial charge in [0.05, 0.1) is 10.6 Å². The monoisotopic (exact) mass is 171 g/mol. The van der Waals surface area contributed by atoms with Crippen molar-refractivity contribution < 1.29 is 8.42 Å². The van der Waals surface area contributed by atoms with Gasteiger partial charge >= 0.3 is 0 Å². The van der Waals surface area contributed by atoms with Crippen molar-refractivity contribution in [1.82, 2.24) is 4.98 Å². The molecule has 11 heavy (non-hydrogen) atoms. The van der Waals surface area contributed by atoms with Crippen molar-refractivity contribution in [1.29, 1.82) is 0 Å². The minimum atomic E-state index is -3.06. The third-order valence-electron chi connectivity index (χ3n) is 1.37. The van der Waals surface area contributed by atoms with Crippen molar-refractivity contribution in [2.24, 2.45) is 0 Å². The van der Waals surface area contributed by atoms with Gasteiger partial charge in [-0.05, 0) is 12.1 Å². The fourth-order valence-electron chi connectivity index (χ4n) is 0.698. The van der Waals surface area contributed by atoms with Crippen LogP contribution in [0.1, 0.15) is 6.92 Å². The zero-order chi connectivity index (χ0) is 8.32. The van der Waals surface area contributed by atoms with Gasteiger partial charge in [-0.2, -0.15) is 0 Å². The first-order valence-corrected chi connectivity index (χ1v) is 4.95. The van der Waals surface area contributed by atoms with E-state index in [4.69, 9.17) is 0 Å². The van der Waals surface area contributed by atoms with Crippen LogP contribution in [-0.2, 0) is 9.84 Å². The summed E-state index contributed by atoms with van der Waals surface area (Å²) < 4.78 is 22.3. The fourth-order valence-corrected chi connectivity index (χ4v) is 1.54. The molecule has 0 aliphatic carbocycles. The minimum absolute atomic E-state index is 0.124. The van der Waals surface area contributed by atoms with Crippen molar-refractivity contribution in [3.8, 4) is 0 Å². The summed E-state index contributed by atoms with van der Waals surface area (Å²) in [7, 11) is -3.06. The molecule has 0 amide bonds. The number of rotatable bonds is 2. The number of aromatic nitrogens is 1. The molecule has 4 heteroatoms. The van der Waals surface area contributed by atoms with Crippen LogP contribution in [0, 0.1) is 0 Å². The second kappa shape index (κ2) is 3.00. The van der Waals surface area contributed by atoms with Gasteiger partial charge < -0.3 is 0 Å². The summed E-state index contributed by atoms with van der Waals surface area (Å²) in [5, 5.41) is 0. The molecular formula is C7H9NO2S. The molecule has 1 aromatic heterocycles. The number of hydrogen-bond acceptors (Lipinski definition) is 3. The van der Waals surface area contributed by atoms with Crippen LogP contribution in [-0.4, -0.2) is 19.2 Å². The summed E-state index contributed by atoms with van der Waals surface area (Å²) in [6.45, 7) is 1.61. The van der Waals surface area contributed by atoms with E-state index in [1.807, 2.05) is 0 Å². The highest BCUT2D eigenvalue weighted by Crippen LogP contribution is 2.06. The van der Waals surface area contributed by atoms with Gasteiger partial charge in [0.25, 0.3) is 0 Å². The molecular weight excluding hydrogens is 162 g/mol. The van der Waals surface area contributed by atoms with E-state index < -0.39 is 9.84 Å². The Morgan fingerprint density at radius 2 is 2.27 bits per heavy atom. The number of sulfone groups is 1. The lowest BCUT2D eigenvalue weighted by molar-refractivity contribution is 0.597. The Bertz CT molecular complexity index is 318. The molecule has 0 aliphatic heterocycles. The van der Waals surface area contributed by atoms with Crippen LogP contribution in [0.5, 0.6) is 0 Å². The average molecular weight is 171 g/mol. The first-order chi connectivity index (χ1) is 5.17. The maximum atomic E-state index is 11.2. The van der Waals surface area contributed by atoms with Gasteiger partial charge in [0.2, 0.25) is 0 Å². The first-order valence-electron chi connectivity index (χ1n) is 3.29. The van der Waals surface area contributed by atoms with E-state index in [-0.39, 0.29) is 5.75 Å². The molecule has 0 saturated heterocycles. The first kappa shape index (κ1) is 8.20. The standard InChI is InChI=1S/C7H9NO2S/c1-2-11(9,10)7-4-3-5-8-6-7/h3-6H,2H2,1H3. The smallest absolute Gasteiger partial charge is 0.179 e. The summed E-state index contributed by atoms with van der Waals surface area (Å²) in [5.41, 5.74) is 0. The van der Waals surface area contributed by atoms with Crippen LogP contribution >= 0.6 is 0 Å². The van der Waals surface area contributed by atoms with Gasteiger partial charge in [0.15, 0.2) is 9.84 Å². The highest BCUT2D eigenvalue weighted by molar-refractivity contribution is 7.91. The molecule has 0 aliphatic rings. The van der Waals surface area contributed by atoms with Crippen molar-refractivity contribution in [3.05, 3.63) is 24.5 Å². The Balaban J connectivity index is 3.14. The van der Waals surface area contributed by atoms with E-state index in [9.17, 15) is 8.42 Å². The topological polar surface area (TPSA) is 47.0 Å². The summed E-state index contributed by atoms with van der Waals surface area (Å²) in [5.74, 6) is 0.124. The maximum absolute atomic E-state index is 11.2. The Morgan fingerprint density at radius 1 is 1.55 bits per heavy atom. The van der Waals surface area contributed by atoms with Crippen LogP contribution in [0.2, 0.25) is 0 Å². The lowest BCUT2D eigenvalue weighted by Crippen LogP contribution is -2.03. The van der Waals surface area contributed by atoms with Gasteiger partial charge in [0, 0.05) is 12.4 Å². The van der Waals surface area contributed by atoms with Crippen LogP contribution in [0.15, 0.2) is 29.4 Å². The predicted molar refractivity (Wildman–Crippen MR) is 42.0 cm³/mol. The van der Waals surface area contributed by atoms with E-state index in [1.165, 1.54) is 6.20 Å².